The molecule has 5 atom stereocenters. The Morgan fingerprint density at radius 2 is 1.89 bits per heavy atom. The van der Waals surface area contributed by atoms with Gasteiger partial charge in [-0.05, 0) is 43.7 Å². The molecule has 3 N–H and O–H groups in total. The number of halogens is 4. The number of piperidine rings is 1. The van der Waals surface area contributed by atoms with Gasteiger partial charge in [-0.2, -0.15) is 0 Å². The summed E-state index contributed by atoms with van der Waals surface area (Å²) in [5.74, 6) is -6.11. The van der Waals surface area contributed by atoms with Gasteiger partial charge in [-0.3, -0.25) is 28.7 Å². The van der Waals surface area contributed by atoms with Gasteiger partial charge in [-0.25, -0.2) is 4.39 Å². The minimum absolute atomic E-state index is 0.0655. The first kappa shape index (κ1) is 26.5. The average Bonchev–Trinajstić information content (AvgIpc) is 3.32. The molecule has 0 radical (unpaired) electrons. The van der Waals surface area contributed by atoms with Crippen molar-refractivity contribution >= 4 is 35.1 Å². The first-order chi connectivity index (χ1) is 17.4. The highest BCUT2D eigenvalue weighted by molar-refractivity contribution is 6.40. The molecule has 2 aliphatic heterocycles. The molecule has 37 heavy (non-hydrogen) atoms. The van der Waals surface area contributed by atoms with Crippen LogP contribution in [0.2, 0.25) is 0 Å². The Bertz CT molecular complexity index is 1110. The number of hydrogen-bond donors (Lipinski definition) is 3. The number of amides is 4. The maximum atomic E-state index is 13.9. The fourth-order valence-corrected chi connectivity index (χ4v) is 4.78. The maximum absolute atomic E-state index is 13.9. The molecule has 0 bridgehead atoms. The zero-order valence-corrected chi connectivity index (χ0v) is 19.3. The minimum Gasteiger partial charge on any atom is -0.356 e. The summed E-state index contributed by atoms with van der Waals surface area (Å²) in [5, 5.41) is 7.08. The number of benzene rings is 1. The van der Waals surface area contributed by atoms with Gasteiger partial charge in [0.05, 0.1) is 11.7 Å². The summed E-state index contributed by atoms with van der Waals surface area (Å²) >= 11 is 0. The number of anilines is 1. The van der Waals surface area contributed by atoms with Crippen molar-refractivity contribution in [2.75, 3.05) is 18.5 Å². The number of ketones is 1. The van der Waals surface area contributed by atoms with Gasteiger partial charge < -0.3 is 20.9 Å². The summed E-state index contributed by atoms with van der Waals surface area (Å²) in [6, 6.07) is 2.15. The third kappa shape index (κ3) is 6.24. The third-order valence-electron chi connectivity index (χ3n) is 6.72. The third-order valence-corrected chi connectivity index (χ3v) is 6.72. The summed E-state index contributed by atoms with van der Waals surface area (Å²) in [4.78, 5) is 64.1. The highest BCUT2D eigenvalue weighted by Crippen LogP contribution is 2.48. The van der Waals surface area contributed by atoms with Crippen LogP contribution in [0.5, 0.6) is 0 Å². The van der Waals surface area contributed by atoms with Gasteiger partial charge in [-0.1, -0.05) is 12.1 Å². The molecule has 1 aromatic carbocycles. The lowest BCUT2D eigenvalue weighted by molar-refractivity contribution is -0.321. The first-order valence-corrected chi connectivity index (χ1v) is 11.6. The van der Waals surface area contributed by atoms with E-state index in [1.165, 1.54) is 18.2 Å². The number of alkyl halides is 3. The Hall–Kier alpha value is -3.55. The molecule has 3 fully saturated rings. The molecular formula is C23H24F4N4O6. The van der Waals surface area contributed by atoms with E-state index >= 15 is 0 Å². The zero-order valence-electron chi connectivity index (χ0n) is 19.3. The van der Waals surface area contributed by atoms with Gasteiger partial charge in [0.2, 0.25) is 11.8 Å². The van der Waals surface area contributed by atoms with E-state index in [2.05, 4.69) is 20.7 Å². The van der Waals surface area contributed by atoms with Crippen LogP contribution in [-0.4, -0.2) is 72.0 Å². The normalized spacial score (nSPS) is 25.2. The topological polar surface area (TPSA) is 134 Å². The fraction of sp³-hybridized carbons (Fsp3) is 0.522. The van der Waals surface area contributed by atoms with Crippen molar-refractivity contribution < 1.29 is 46.3 Å². The molecular weight excluding hydrogens is 504 g/mol. The number of nitrogens with zero attached hydrogens (tertiary/aromatic N) is 1. The number of rotatable bonds is 8. The standard InChI is InChI=1S/C23H24F4N4O6/c24-13-3-1-2-4-14(13)29-21(35)22(36)31-16-8-12(16)9-17(31)20(34)30-15(7-11-5-6-28-19(11)33)18(32)10-37-23(25,26)27/h1-4,11-12,15-17H,5-10H2,(H,28,33)(H,29,35)(H,30,34)/t11-,12-,15?,16-,17-/m0/s1. The average molecular weight is 528 g/mol. The molecule has 10 nitrogen and oxygen atoms in total. The molecule has 4 rings (SSSR count). The summed E-state index contributed by atoms with van der Waals surface area (Å²) < 4.78 is 54.9. The van der Waals surface area contributed by atoms with Crippen molar-refractivity contribution in [3.63, 3.8) is 0 Å². The predicted molar refractivity (Wildman–Crippen MR) is 117 cm³/mol. The first-order valence-electron chi connectivity index (χ1n) is 11.6. The van der Waals surface area contributed by atoms with E-state index in [1.807, 2.05) is 0 Å². The molecule has 2 heterocycles. The molecule has 4 amide bonds. The number of para-hydroxylation sites is 1. The number of hydrogen-bond acceptors (Lipinski definition) is 6. The second kappa shape index (κ2) is 10.4. The molecule has 1 aliphatic carbocycles. The minimum atomic E-state index is -5.07. The molecule has 1 aromatic rings. The molecule has 200 valence electrons. The number of carbonyl (C=O) groups excluding carboxylic acids is 5. The number of nitrogens with one attached hydrogen (secondary N) is 3. The van der Waals surface area contributed by atoms with E-state index in [1.54, 1.807) is 0 Å². The largest absolute Gasteiger partial charge is 0.522 e. The van der Waals surface area contributed by atoms with E-state index < -0.39 is 72.2 Å². The SMILES string of the molecule is O=C(Nc1ccccc1F)C(=O)N1[C@H](C(=O)NC(C[C@@H]2CCNC2=O)C(=O)COC(F)(F)F)C[C@@H]2C[C@@H]21. The van der Waals surface area contributed by atoms with Crippen LogP contribution >= 0.6 is 0 Å². The predicted octanol–water partition coefficient (Wildman–Crippen LogP) is 0.870. The van der Waals surface area contributed by atoms with E-state index in [4.69, 9.17) is 0 Å². The number of carbonyl (C=O) groups is 5. The zero-order chi connectivity index (χ0) is 26.9. The smallest absolute Gasteiger partial charge is 0.356 e. The van der Waals surface area contributed by atoms with Crippen LogP contribution in [0.3, 0.4) is 0 Å². The Labute approximate surface area is 208 Å². The van der Waals surface area contributed by atoms with E-state index in [0.717, 1.165) is 11.0 Å². The molecule has 2 saturated heterocycles. The molecule has 1 unspecified atom stereocenters. The quantitative estimate of drug-likeness (QED) is 0.339. The van der Waals surface area contributed by atoms with Crippen LogP contribution in [0, 0.1) is 17.7 Å². The van der Waals surface area contributed by atoms with Gasteiger partial charge in [0.25, 0.3) is 0 Å². The maximum Gasteiger partial charge on any atom is 0.522 e. The molecule has 1 saturated carbocycles. The number of ether oxygens (including phenoxy) is 1. The Morgan fingerprint density at radius 1 is 1.16 bits per heavy atom. The number of fused-ring (bicyclic) bond motifs is 1. The van der Waals surface area contributed by atoms with Crippen molar-refractivity contribution in [1.82, 2.24) is 15.5 Å². The lowest BCUT2D eigenvalue weighted by atomic mass is 9.95. The molecule has 3 aliphatic rings. The van der Waals surface area contributed by atoms with Crippen molar-refractivity contribution in [1.29, 1.82) is 0 Å². The van der Waals surface area contributed by atoms with E-state index in [-0.39, 0.29) is 24.4 Å². The summed E-state index contributed by atoms with van der Waals surface area (Å²) in [6.07, 6.45) is -4.27. The molecule has 14 heteroatoms. The highest BCUT2D eigenvalue weighted by atomic mass is 19.4. The Kier molecular flexibility index (Phi) is 7.48. The van der Waals surface area contributed by atoms with Crippen LogP contribution in [0.15, 0.2) is 24.3 Å². The van der Waals surface area contributed by atoms with Crippen molar-refractivity contribution in [3.8, 4) is 0 Å². The number of likely N-dealkylation sites (tertiary alicyclic amines) is 1. The van der Waals surface area contributed by atoms with Crippen LogP contribution < -0.4 is 16.0 Å². The summed E-state index contributed by atoms with van der Waals surface area (Å²) in [5.41, 5.74) is -0.224. The van der Waals surface area contributed by atoms with Crippen molar-refractivity contribution in [2.24, 2.45) is 11.8 Å². The van der Waals surface area contributed by atoms with Crippen LogP contribution in [0.4, 0.5) is 23.2 Å². The number of Topliss-reactive ketones (excluding diaryl/α,β-unsaturated/α-hetero) is 1. The van der Waals surface area contributed by atoms with E-state index in [0.29, 0.717) is 19.4 Å². The van der Waals surface area contributed by atoms with Gasteiger partial charge in [0.1, 0.15) is 18.5 Å². The van der Waals surface area contributed by atoms with Gasteiger partial charge in [0, 0.05) is 18.5 Å². The lowest BCUT2D eigenvalue weighted by Crippen LogP contribution is -2.55. The second-order valence-electron chi connectivity index (χ2n) is 9.24. The molecule has 0 spiro atoms. The van der Waals surface area contributed by atoms with Crippen molar-refractivity contribution in [3.05, 3.63) is 30.1 Å². The van der Waals surface area contributed by atoms with Crippen LogP contribution in [-0.2, 0) is 28.7 Å². The monoisotopic (exact) mass is 528 g/mol. The van der Waals surface area contributed by atoms with Gasteiger partial charge in [-0.15, -0.1) is 13.2 Å². The van der Waals surface area contributed by atoms with Crippen LogP contribution in [0.1, 0.15) is 25.7 Å². The van der Waals surface area contributed by atoms with Crippen molar-refractivity contribution in [2.45, 2.75) is 50.2 Å². The van der Waals surface area contributed by atoms with Gasteiger partial charge >= 0.3 is 18.2 Å². The van der Waals surface area contributed by atoms with Gasteiger partial charge in [0.15, 0.2) is 5.78 Å². The Balaban J connectivity index is 1.45. The fourth-order valence-electron chi connectivity index (χ4n) is 4.78. The van der Waals surface area contributed by atoms with E-state index in [9.17, 15) is 41.5 Å². The second-order valence-corrected chi connectivity index (χ2v) is 9.24. The summed E-state index contributed by atoms with van der Waals surface area (Å²) in [6.45, 7) is -1.05. The summed E-state index contributed by atoms with van der Waals surface area (Å²) in [7, 11) is 0. The lowest BCUT2D eigenvalue weighted by Gasteiger charge is -2.28. The Morgan fingerprint density at radius 3 is 2.54 bits per heavy atom. The van der Waals surface area contributed by atoms with Crippen LogP contribution in [0.25, 0.3) is 0 Å². The highest BCUT2D eigenvalue weighted by Gasteiger charge is 2.57. The molecule has 0 aromatic heterocycles.